The molecule has 0 spiro atoms. The number of thiazole rings is 1. The molecule has 0 saturated carbocycles. The predicted octanol–water partition coefficient (Wildman–Crippen LogP) is 2.94. The molecular weight excluding hydrogens is 242 g/mol. The van der Waals surface area contributed by atoms with Gasteiger partial charge >= 0.3 is 0 Å². The minimum Gasteiger partial charge on any atom is -0.339 e. The number of nitrogens with zero attached hydrogens (tertiary/aromatic N) is 2. The maximum Gasteiger partial charge on any atom is 0.186 e. The molecule has 1 N–H and O–H groups in total. The molecule has 1 aliphatic heterocycles. The number of hydrogen-bond donors (Lipinski definition) is 1. The van der Waals surface area contributed by atoms with Crippen LogP contribution in [0.15, 0.2) is 29.6 Å². The lowest BCUT2D eigenvalue weighted by molar-refractivity contribution is 0.636. The summed E-state index contributed by atoms with van der Waals surface area (Å²) in [5.74, 6) is 0. The van der Waals surface area contributed by atoms with Crippen molar-refractivity contribution in [2.75, 3.05) is 11.9 Å². The van der Waals surface area contributed by atoms with Crippen LogP contribution in [-0.4, -0.2) is 12.0 Å². The van der Waals surface area contributed by atoms with Crippen LogP contribution in [-0.2, 0) is 13.1 Å². The standard InChI is InChI=1S/C14H17N3S/c1-10(15-2)13-9-18-14(16-13)17-7-11-5-3-4-6-12(11)8-17/h3-6,9-10,15H,7-8H2,1-2H3. The van der Waals surface area contributed by atoms with Crippen LogP contribution >= 0.6 is 11.3 Å². The van der Waals surface area contributed by atoms with E-state index in [1.165, 1.54) is 11.1 Å². The molecular formula is C14H17N3S. The molecule has 0 aliphatic carbocycles. The third-order valence-electron chi connectivity index (χ3n) is 3.50. The van der Waals surface area contributed by atoms with Gasteiger partial charge in [0.2, 0.25) is 0 Å². The molecule has 0 radical (unpaired) electrons. The van der Waals surface area contributed by atoms with Crippen LogP contribution in [0, 0.1) is 0 Å². The maximum atomic E-state index is 4.73. The summed E-state index contributed by atoms with van der Waals surface area (Å²) in [5.41, 5.74) is 3.99. The second-order valence-corrected chi connectivity index (χ2v) is 5.53. The van der Waals surface area contributed by atoms with Crippen molar-refractivity contribution in [3.8, 4) is 0 Å². The Morgan fingerprint density at radius 2 is 1.94 bits per heavy atom. The number of aromatic nitrogens is 1. The van der Waals surface area contributed by atoms with Gasteiger partial charge in [0.1, 0.15) is 0 Å². The minimum atomic E-state index is 0.319. The lowest BCUT2D eigenvalue weighted by Gasteiger charge is -2.13. The van der Waals surface area contributed by atoms with Crippen molar-refractivity contribution in [3.63, 3.8) is 0 Å². The van der Waals surface area contributed by atoms with E-state index in [1.54, 1.807) is 11.3 Å². The second-order valence-electron chi connectivity index (χ2n) is 4.69. The summed E-state index contributed by atoms with van der Waals surface area (Å²) in [6, 6.07) is 8.96. The summed E-state index contributed by atoms with van der Waals surface area (Å²) in [6.45, 7) is 4.10. The average molecular weight is 259 g/mol. The molecule has 1 aliphatic rings. The van der Waals surface area contributed by atoms with E-state index in [9.17, 15) is 0 Å². The van der Waals surface area contributed by atoms with E-state index < -0.39 is 0 Å². The SMILES string of the molecule is CNC(C)c1csc(N2Cc3ccccc3C2)n1. The van der Waals surface area contributed by atoms with E-state index in [0.29, 0.717) is 6.04 Å². The third-order valence-corrected chi connectivity index (χ3v) is 4.42. The fraction of sp³-hybridized carbons (Fsp3) is 0.357. The summed E-state index contributed by atoms with van der Waals surface area (Å²) in [6.07, 6.45) is 0. The van der Waals surface area contributed by atoms with Gasteiger partial charge in [0, 0.05) is 24.5 Å². The summed E-state index contributed by atoms with van der Waals surface area (Å²) in [4.78, 5) is 7.08. The summed E-state index contributed by atoms with van der Waals surface area (Å²) >= 11 is 1.74. The van der Waals surface area contributed by atoms with Gasteiger partial charge in [0.05, 0.1) is 5.69 Å². The Hall–Kier alpha value is -1.39. The first-order valence-corrected chi connectivity index (χ1v) is 7.10. The Morgan fingerprint density at radius 1 is 1.28 bits per heavy atom. The molecule has 0 amide bonds. The molecule has 4 heteroatoms. The zero-order chi connectivity index (χ0) is 12.5. The number of hydrogen-bond acceptors (Lipinski definition) is 4. The Bertz CT molecular complexity index is 524. The van der Waals surface area contributed by atoms with E-state index in [2.05, 4.69) is 46.8 Å². The molecule has 2 heterocycles. The number of benzene rings is 1. The van der Waals surface area contributed by atoms with E-state index in [-0.39, 0.29) is 0 Å². The van der Waals surface area contributed by atoms with E-state index in [4.69, 9.17) is 4.98 Å². The van der Waals surface area contributed by atoms with Gasteiger partial charge in [0.25, 0.3) is 0 Å². The van der Waals surface area contributed by atoms with Crippen molar-refractivity contribution in [1.29, 1.82) is 0 Å². The van der Waals surface area contributed by atoms with Crippen LogP contribution in [0.3, 0.4) is 0 Å². The molecule has 0 bridgehead atoms. The van der Waals surface area contributed by atoms with E-state index >= 15 is 0 Å². The third kappa shape index (κ3) is 2.02. The molecule has 1 aromatic heterocycles. The highest BCUT2D eigenvalue weighted by Gasteiger charge is 2.21. The van der Waals surface area contributed by atoms with Crippen LogP contribution in [0.25, 0.3) is 0 Å². The van der Waals surface area contributed by atoms with Gasteiger partial charge in [-0.05, 0) is 25.1 Å². The van der Waals surface area contributed by atoms with Gasteiger partial charge in [0.15, 0.2) is 5.13 Å². The summed E-state index contributed by atoms with van der Waals surface area (Å²) < 4.78 is 0. The Labute approximate surface area is 111 Å². The Kier molecular flexibility index (Phi) is 3.06. The van der Waals surface area contributed by atoms with Crippen molar-refractivity contribution in [3.05, 3.63) is 46.5 Å². The highest BCUT2D eigenvalue weighted by Crippen LogP contribution is 2.31. The van der Waals surface area contributed by atoms with Crippen molar-refractivity contribution in [2.45, 2.75) is 26.1 Å². The average Bonchev–Trinajstić information content (AvgIpc) is 3.03. The van der Waals surface area contributed by atoms with Crippen molar-refractivity contribution in [1.82, 2.24) is 10.3 Å². The van der Waals surface area contributed by atoms with Gasteiger partial charge in [-0.15, -0.1) is 11.3 Å². The summed E-state index contributed by atoms with van der Waals surface area (Å²) in [5, 5.41) is 6.51. The highest BCUT2D eigenvalue weighted by molar-refractivity contribution is 7.13. The largest absolute Gasteiger partial charge is 0.339 e. The molecule has 1 aromatic carbocycles. The fourth-order valence-corrected chi connectivity index (χ4v) is 3.16. The Balaban J connectivity index is 1.80. The molecule has 18 heavy (non-hydrogen) atoms. The number of nitrogens with one attached hydrogen (secondary N) is 1. The normalized spacial score (nSPS) is 15.8. The van der Waals surface area contributed by atoms with Crippen molar-refractivity contribution in [2.24, 2.45) is 0 Å². The lowest BCUT2D eigenvalue weighted by atomic mass is 10.1. The fourth-order valence-electron chi connectivity index (χ4n) is 2.24. The molecule has 3 rings (SSSR count). The van der Waals surface area contributed by atoms with Crippen LogP contribution < -0.4 is 10.2 Å². The maximum absolute atomic E-state index is 4.73. The monoisotopic (exact) mass is 259 g/mol. The van der Waals surface area contributed by atoms with Gasteiger partial charge < -0.3 is 10.2 Å². The molecule has 3 nitrogen and oxygen atoms in total. The summed E-state index contributed by atoms with van der Waals surface area (Å²) in [7, 11) is 1.97. The van der Waals surface area contributed by atoms with Crippen LogP contribution in [0.4, 0.5) is 5.13 Å². The van der Waals surface area contributed by atoms with Crippen molar-refractivity contribution >= 4 is 16.5 Å². The van der Waals surface area contributed by atoms with Gasteiger partial charge in [-0.1, -0.05) is 24.3 Å². The first kappa shape index (κ1) is 11.7. The Morgan fingerprint density at radius 3 is 2.56 bits per heavy atom. The molecule has 0 saturated heterocycles. The second kappa shape index (κ2) is 4.71. The first-order chi connectivity index (χ1) is 8.78. The zero-order valence-corrected chi connectivity index (χ0v) is 11.5. The smallest absolute Gasteiger partial charge is 0.186 e. The number of fused-ring (bicyclic) bond motifs is 1. The van der Waals surface area contributed by atoms with Crippen LogP contribution in [0.1, 0.15) is 29.8 Å². The predicted molar refractivity (Wildman–Crippen MR) is 75.9 cm³/mol. The van der Waals surface area contributed by atoms with Crippen LogP contribution in [0.5, 0.6) is 0 Å². The number of rotatable bonds is 3. The zero-order valence-electron chi connectivity index (χ0n) is 10.7. The number of anilines is 1. The van der Waals surface area contributed by atoms with Gasteiger partial charge in [-0.3, -0.25) is 0 Å². The highest BCUT2D eigenvalue weighted by atomic mass is 32.1. The molecule has 1 atom stereocenters. The molecule has 2 aromatic rings. The first-order valence-electron chi connectivity index (χ1n) is 6.22. The minimum absolute atomic E-state index is 0.319. The topological polar surface area (TPSA) is 28.2 Å². The van der Waals surface area contributed by atoms with Gasteiger partial charge in [-0.25, -0.2) is 4.98 Å². The van der Waals surface area contributed by atoms with Gasteiger partial charge in [-0.2, -0.15) is 0 Å². The van der Waals surface area contributed by atoms with Crippen molar-refractivity contribution < 1.29 is 0 Å². The quantitative estimate of drug-likeness (QED) is 0.918. The molecule has 0 fully saturated rings. The lowest BCUT2D eigenvalue weighted by Crippen LogP contribution is -2.16. The van der Waals surface area contributed by atoms with Crippen LogP contribution in [0.2, 0.25) is 0 Å². The van der Waals surface area contributed by atoms with E-state index in [1.807, 2.05) is 7.05 Å². The molecule has 1 unspecified atom stereocenters. The molecule has 94 valence electrons. The van der Waals surface area contributed by atoms with E-state index in [0.717, 1.165) is 23.9 Å².